The van der Waals surface area contributed by atoms with Gasteiger partial charge in [0.1, 0.15) is 0 Å². The van der Waals surface area contributed by atoms with Crippen molar-refractivity contribution in [3.8, 4) is 0 Å². The SMILES string of the molecule is CNC(=O)N1Cc2ccc(Cl)cc2CC(C)C1=O. The second-order valence-electron chi connectivity index (χ2n) is 4.50. The number of hydrogen-bond acceptors (Lipinski definition) is 2. The Balaban J connectivity index is 2.41. The molecule has 1 heterocycles. The van der Waals surface area contributed by atoms with E-state index in [1.807, 2.05) is 19.1 Å². The molecule has 1 aromatic rings. The number of rotatable bonds is 0. The van der Waals surface area contributed by atoms with Crippen LogP contribution in [0.2, 0.25) is 5.02 Å². The molecule has 5 heteroatoms. The number of nitrogens with zero attached hydrogens (tertiary/aromatic N) is 1. The van der Waals surface area contributed by atoms with Crippen molar-refractivity contribution >= 4 is 23.5 Å². The van der Waals surface area contributed by atoms with E-state index in [2.05, 4.69) is 5.32 Å². The molecule has 2 rings (SSSR count). The van der Waals surface area contributed by atoms with Crippen molar-refractivity contribution in [2.24, 2.45) is 5.92 Å². The van der Waals surface area contributed by atoms with Crippen molar-refractivity contribution in [3.63, 3.8) is 0 Å². The van der Waals surface area contributed by atoms with Gasteiger partial charge in [0.25, 0.3) is 0 Å². The molecule has 0 spiro atoms. The lowest BCUT2D eigenvalue weighted by Gasteiger charge is -2.20. The number of hydrogen-bond donors (Lipinski definition) is 1. The normalized spacial score (nSPS) is 19.2. The lowest BCUT2D eigenvalue weighted by atomic mass is 9.98. The van der Waals surface area contributed by atoms with Crippen molar-refractivity contribution in [1.82, 2.24) is 10.2 Å². The summed E-state index contributed by atoms with van der Waals surface area (Å²) in [7, 11) is 1.52. The lowest BCUT2D eigenvalue weighted by Crippen LogP contribution is -2.43. The summed E-state index contributed by atoms with van der Waals surface area (Å²) in [5.41, 5.74) is 2.01. The summed E-state index contributed by atoms with van der Waals surface area (Å²) in [4.78, 5) is 25.1. The molecule has 0 aromatic heterocycles. The number of amides is 3. The molecule has 18 heavy (non-hydrogen) atoms. The van der Waals surface area contributed by atoms with Gasteiger partial charge in [-0.1, -0.05) is 24.6 Å². The summed E-state index contributed by atoms with van der Waals surface area (Å²) < 4.78 is 0. The number of urea groups is 1. The first kappa shape index (κ1) is 12.9. The van der Waals surface area contributed by atoms with E-state index in [9.17, 15) is 9.59 Å². The smallest absolute Gasteiger partial charge is 0.324 e. The molecule has 96 valence electrons. The summed E-state index contributed by atoms with van der Waals surface area (Å²) in [6.07, 6.45) is 0.613. The molecular weight excluding hydrogens is 252 g/mol. The zero-order valence-corrected chi connectivity index (χ0v) is 11.1. The molecule has 4 nitrogen and oxygen atoms in total. The summed E-state index contributed by atoms with van der Waals surface area (Å²) in [5.74, 6) is -0.372. The van der Waals surface area contributed by atoms with Crippen molar-refractivity contribution in [1.29, 1.82) is 0 Å². The minimum atomic E-state index is -0.366. The number of benzene rings is 1. The summed E-state index contributed by atoms with van der Waals surface area (Å²) in [5, 5.41) is 3.15. The van der Waals surface area contributed by atoms with E-state index < -0.39 is 0 Å². The molecule has 0 saturated carbocycles. The highest BCUT2D eigenvalue weighted by molar-refractivity contribution is 6.30. The minimum Gasteiger partial charge on any atom is -0.341 e. The maximum Gasteiger partial charge on any atom is 0.324 e. The largest absolute Gasteiger partial charge is 0.341 e. The molecule has 1 aliphatic heterocycles. The minimum absolute atomic E-state index is 0.151. The Morgan fingerprint density at radius 1 is 1.44 bits per heavy atom. The van der Waals surface area contributed by atoms with E-state index >= 15 is 0 Å². The van der Waals surface area contributed by atoms with Gasteiger partial charge in [-0.15, -0.1) is 0 Å². The second-order valence-corrected chi connectivity index (χ2v) is 4.93. The highest BCUT2D eigenvalue weighted by atomic mass is 35.5. The Morgan fingerprint density at radius 3 is 2.83 bits per heavy atom. The van der Waals surface area contributed by atoms with E-state index in [4.69, 9.17) is 11.6 Å². The molecule has 1 atom stereocenters. The molecule has 0 aliphatic carbocycles. The van der Waals surface area contributed by atoms with Crippen LogP contribution < -0.4 is 5.32 Å². The zero-order valence-electron chi connectivity index (χ0n) is 10.4. The predicted octanol–water partition coefficient (Wildman–Crippen LogP) is 2.20. The summed E-state index contributed by atoms with van der Waals surface area (Å²) >= 11 is 5.96. The van der Waals surface area contributed by atoms with Gasteiger partial charge in [0.15, 0.2) is 0 Å². The first-order chi connectivity index (χ1) is 8.52. The van der Waals surface area contributed by atoms with Crippen molar-refractivity contribution in [2.75, 3.05) is 7.05 Å². The molecule has 0 fully saturated rings. The first-order valence-electron chi connectivity index (χ1n) is 5.83. The molecule has 1 N–H and O–H groups in total. The Bertz CT molecular complexity index is 502. The highest BCUT2D eigenvalue weighted by Gasteiger charge is 2.30. The quantitative estimate of drug-likeness (QED) is 0.783. The monoisotopic (exact) mass is 266 g/mol. The van der Waals surface area contributed by atoms with Crippen LogP contribution in [0.25, 0.3) is 0 Å². The number of carbonyl (C=O) groups is 2. The van der Waals surface area contributed by atoms with Crippen LogP contribution in [0.15, 0.2) is 18.2 Å². The number of fused-ring (bicyclic) bond motifs is 1. The molecular formula is C13H15ClN2O2. The van der Waals surface area contributed by atoms with Crippen LogP contribution in [0.3, 0.4) is 0 Å². The lowest BCUT2D eigenvalue weighted by molar-refractivity contribution is -0.132. The Labute approximate surface area is 111 Å². The van der Waals surface area contributed by atoms with E-state index in [1.54, 1.807) is 6.07 Å². The van der Waals surface area contributed by atoms with E-state index in [0.717, 1.165) is 11.1 Å². The second kappa shape index (κ2) is 4.98. The van der Waals surface area contributed by atoms with Crippen molar-refractivity contribution < 1.29 is 9.59 Å². The molecule has 1 aromatic carbocycles. The number of nitrogens with one attached hydrogen (secondary N) is 1. The molecule has 0 saturated heterocycles. The summed E-state index contributed by atoms with van der Waals surface area (Å²) in [6, 6.07) is 5.16. The third-order valence-electron chi connectivity index (χ3n) is 3.17. The molecule has 1 unspecified atom stereocenters. The molecule has 3 amide bonds. The van der Waals surface area contributed by atoms with Crippen LogP contribution in [-0.2, 0) is 17.8 Å². The number of halogens is 1. The highest BCUT2D eigenvalue weighted by Crippen LogP contribution is 2.25. The van der Waals surface area contributed by atoms with E-state index in [0.29, 0.717) is 18.0 Å². The Kier molecular flexibility index (Phi) is 3.57. The third kappa shape index (κ3) is 2.34. The van der Waals surface area contributed by atoms with Crippen LogP contribution in [0.5, 0.6) is 0 Å². The van der Waals surface area contributed by atoms with Crippen LogP contribution in [0.1, 0.15) is 18.1 Å². The van der Waals surface area contributed by atoms with Gasteiger partial charge in [-0.05, 0) is 29.7 Å². The predicted molar refractivity (Wildman–Crippen MR) is 69.3 cm³/mol. The molecule has 0 bridgehead atoms. The van der Waals surface area contributed by atoms with Gasteiger partial charge in [-0.25, -0.2) is 4.79 Å². The van der Waals surface area contributed by atoms with Crippen molar-refractivity contribution in [3.05, 3.63) is 34.3 Å². The van der Waals surface area contributed by atoms with E-state index in [1.165, 1.54) is 11.9 Å². The molecule has 1 aliphatic rings. The van der Waals surface area contributed by atoms with Gasteiger partial charge in [0.2, 0.25) is 5.91 Å². The van der Waals surface area contributed by atoms with Crippen LogP contribution in [-0.4, -0.2) is 23.9 Å². The van der Waals surface area contributed by atoms with Crippen LogP contribution in [0.4, 0.5) is 4.79 Å². The topological polar surface area (TPSA) is 49.4 Å². The molecule has 0 radical (unpaired) electrons. The van der Waals surface area contributed by atoms with Gasteiger partial charge in [-0.2, -0.15) is 0 Å². The Morgan fingerprint density at radius 2 is 2.17 bits per heavy atom. The van der Waals surface area contributed by atoms with Gasteiger partial charge >= 0.3 is 6.03 Å². The third-order valence-corrected chi connectivity index (χ3v) is 3.40. The number of carbonyl (C=O) groups excluding carboxylic acids is 2. The van der Waals surface area contributed by atoms with Gasteiger partial charge < -0.3 is 5.32 Å². The van der Waals surface area contributed by atoms with Crippen molar-refractivity contribution in [2.45, 2.75) is 19.9 Å². The summed E-state index contributed by atoms with van der Waals surface area (Å²) in [6.45, 7) is 2.13. The maximum atomic E-state index is 12.1. The average molecular weight is 267 g/mol. The van der Waals surface area contributed by atoms with Gasteiger partial charge in [0.05, 0.1) is 6.54 Å². The average Bonchev–Trinajstić information content (AvgIpc) is 2.47. The van der Waals surface area contributed by atoms with Crippen LogP contribution in [0, 0.1) is 5.92 Å². The van der Waals surface area contributed by atoms with Gasteiger partial charge in [0, 0.05) is 18.0 Å². The van der Waals surface area contributed by atoms with Gasteiger partial charge in [-0.3, -0.25) is 9.69 Å². The standard InChI is InChI=1S/C13H15ClN2O2/c1-8-5-10-6-11(14)4-3-9(10)7-16(12(8)17)13(18)15-2/h3-4,6,8H,5,7H2,1-2H3,(H,15,18). The fourth-order valence-corrected chi connectivity index (χ4v) is 2.37. The van der Waals surface area contributed by atoms with E-state index in [-0.39, 0.29) is 17.9 Å². The first-order valence-corrected chi connectivity index (χ1v) is 6.21. The fourth-order valence-electron chi connectivity index (χ4n) is 2.18. The fraction of sp³-hybridized carbons (Fsp3) is 0.385. The zero-order chi connectivity index (χ0) is 13.3. The maximum absolute atomic E-state index is 12.1. The Hall–Kier alpha value is -1.55. The van der Waals surface area contributed by atoms with Crippen LogP contribution >= 0.6 is 11.6 Å². The number of imide groups is 1.